The van der Waals surface area contributed by atoms with E-state index in [0.29, 0.717) is 10.8 Å². The van der Waals surface area contributed by atoms with Crippen LogP contribution >= 0.6 is 12.4 Å². The normalized spacial score (nSPS) is 17.5. The minimum absolute atomic E-state index is 0. The quantitative estimate of drug-likeness (QED) is 0.898. The average molecular weight is 276 g/mol. The summed E-state index contributed by atoms with van der Waals surface area (Å²) in [6.07, 6.45) is 3.33. The molecule has 2 rings (SSSR count). The summed E-state index contributed by atoms with van der Waals surface area (Å²) in [6.45, 7) is 1.95. The third kappa shape index (κ3) is 3.44. The molecule has 1 aliphatic heterocycles. The van der Waals surface area contributed by atoms with E-state index < -0.39 is 9.84 Å². The van der Waals surface area contributed by atoms with Crippen molar-refractivity contribution in [2.24, 2.45) is 0 Å². The number of sulfone groups is 1. The minimum atomic E-state index is -3.10. The first-order chi connectivity index (χ1) is 7.59. The van der Waals surface area contributed by atoms with Crippen molar-refractivity contribution in [3.63, 3.8) is 0 Å². The van der Waals surface area contributed by atoms with Gasteiger partial charge in [0, 0.05) is 6.26 Å². The molecule has 0 radical (unpaired) electrons. The summed E-state index contributed by atoms with van der Waals surface area (Å²) in [5.41, 5.74) is 0.992. The molecule has 0 aromatic heterocycles. The average Bonchev–Trinajstić information content (AvgIpc) is 2.29. The van der Waals surface area contributed by atoms with Gasteiger partial charge in [0.2, 0.25) is 0 Å². The number of halogens is 1. The molecular weight excluding hydrogens is 258 g/mol. The summed E-state index contributed by atoms with van der Waals surface area (Å²) in [5.74, 6) is 0.382. The minimum Gasteiger partial charge on any atom is -0.317 e. The second-order valence-corrected chi connectivity index (χ2v) is 6.32. The van der Waals surface area contributed by atoms with Gasteiger partial charge in [-0.05, 0) is 43.5 Å². The van der Waals surface area contributed by atoms with Crippen LogP contribution in [0, 0.1) is 0 Å². The van der Waals surface area contributed by atoms with Crippen LogP contribution in [-0.2, 0) is 9.84 Å². The fraction of sp³-hybridized carbons (Fsp3) is 0.500. The maximum Gasteiger partial charge on any atom is 0.175 e. The van der Waals surface area contributed by atoms with Crippen LogP contribution < -0.4 is 5.32 Å². The van der Waals surface area contributed by atoms with E-state index in [1.54, 1.807) is 12.1 Å². The van der Waals surface area contributed by atoms with E-state index in [4.69, 9.17) is 0 Å². The van der Waals surface area contributed by atoms with Crippen LogP contribution in [0.2, 0.25) is 0 Å². The van der Waals surface area contributed by atoms with Gasteiger partial charge >= 0.3 is 0 Å². The van der Waals surface area contributed by atoms with E-state index in [-0.39, 0.29) is 12.4 Å². The maximum atomic E-state index is 11.7. The Morgan fingerprint density at radius 3 is 2.35 bits per heavy atom. The first-order valence-electron chi connectivity index (χ1n) is 5.59. The van der Waals surface area contributed by atoms with Crippen LogP contribution in [0.1, 0.15) is 24.3 Å². The Hall–Kier alpha value is -0.580. The number of benzene rings is 1. The summed E-state index contributed by atoms with van der Waals surface area (Å²) in [4.78, 5) is 0.502. The predicted octanol–water partition coefficient (Wildman–Crippen LogP) is 1.98. The van der Waals surface area contributed by atoms with Gasteiger partial charge in [0.1, 0.15) is 0 Å². The second-order valence-electron chi connectivity index (χ2n) is 4.33. The second kappa shape index (κ2) is 5.85. The third-order valence-corrected chi connectivity index (χ3v) is 4.27. The molecule has 0 amide bonds. The number of hydrogen-bond donors (Lipinski definition) is 1. The smallest absolute Gasteiger partial charge is 0.175 e. The van der Waals surface area contributed by atoms with Crippen molar-refractivity contribution in [3.8, 4) is 0 Å². The number of hydrogen-bond acceptors (Lipinski definition) is 3. The lowest BCUT2D eigenvalue weighted by molar-refractivity contribution is 0.455. The van der Waals surface area contributed by atoms with E-state index in [9.17, 15) is 8.42 Å². The SMILES string of the molecule is CS(=O)(=O)c1ccccc1C1CCNCC1.Cl. The van der Waals surface area contributed by atoms with Gasteiger partial charge in [0.15, 0.2) is 9.84 Å². The molecule has 1 heterocycles. The molecule has 1 aliphatic rings. The molecule has 1 saturated heterocycles. The zero-order chi connectivity index (χ0) is 11.6. The van der Waals surface area contributed by atoms with Crippen molar-refractivity contribution in [2.75, 3.05) is 19.3 Å². The van der Waals surface area contributed by atoms with Crippen LogP contribution in [0.15, 0.2) is 29.2 Å². The van der Waals surface area contributed by atoms with E-state index >= 15 is 0 Å². The predicted molar refractivity (Wildman–Crippen MR) is 71.6 cm³/mol. The van der Waals surface area contributed by atoms with Crippen LogP contribution in [0.25, 0.3) is 0 Å². The Labute approximate surface area is 109 Å². The van der Waals surface area contributed by atoms with Crippen molar-refractivity contribution in [2.45, 2.75) is 23.7 Å². The van der Waals surface area contributed by atoms with Crippen LogP contribution in [-0.4, -0.2) is 27.8 Å². The van der Waals surface area contributed by atoms with Gasteiger partial charge in [-0.1, -0.05) is 18.2 Å². The maximum absolute atomic E-state index is 11.7. The fourth-order valence-electron chi connectivity index (χ4n) is 2.29. The summed E-state index contributed by atoms with van der Waals surface area (Å²) < 4.78 is 23.4. The molecule has 0 spiro atoms. The highest BCUT2D eigenvalue weighted by atomic mass is 35.5. The van der Waals surface area contributed by atoms with Crippen molar-refractivity contribution in [1.29, 1.82) is 0 Å². The molecule has 1 N–H and O–H groups in total. The fourth-order valence-corrected chi connectivity index (χ4v) is 3.28. The molecule has 1 aromatic rings. The molecule has 1 fully saturated rings. The molecule has 0 bridgehead atoms. The number of nitrogens with one attached hydrogen (secondary N) is 1. The number of piperidine rings is 1. The first kappa shape index (κ1) is 14.5. The molecule has 0 aliphatic carbocycles. The Kier molecular flexibility index (Phi) is 4.98. The monoisotopic (exact) mass is 275 g/mol. The van der Waals surface area contributed by atoms with Gasteiger partial charge in [-0.3, -0.25) is 0 Å². The highest BCUT2D eigenvalue weighted by Gasteiger charge is 2.21. The van der Waals surface area contributed by atoms with E-state index in [1.165, 1.54) is 6.26 Å². The lowest BCUT2D eigenvalue weighted by Crippen LogP contribution is -2.27. The Morgan fingerprint density at radius 2 is 1.76 bits per heavy atom. The lowest BCUT2D eigenvalue weighted by atomic mass is 9.90. The Bertz CT molecular complexity index is 467. The van der Waals surface area contributed by atoms with Gasteiger partial charge in [-0.25, -0.2) is 8.42 Å². The highest BCUT2D eigenvalue weighted by Crippen LogP contribution is 2.30. The van der Waals surface area contributed by atoms with Gasteiger partial charge < -0.3 is 5.32 Å². The molecule has 96 valence electrons. The molecule has 5 heteroatoms. The summed E-state index contributed by atoms with van der Waals surface area (Å²) >= 11 is 0. The lowest BCUT2D eigenvalue weighted by Gasteiger charge is -2.24. The number of rotatable bonds is 2. The molecule has 3 nitrogen and oxygen atoms in total. The third-order valence-electron chi connectivity index (χ3n) is 3.10. The van der Waals surface area contributed by atoms with Crippen LogP contribution in [0.5, 0.6) is 0 Å². The van der Waals surface area contributed by atoms with Crippen LogP contribution in [0.4, 0.5) is 0 Å². The first-order valence-corrected chi connectivity index (χ1v) is 7.48. The standard InChI is InChI=1S/C12H17NO2S.ClH/c1-16(14,15)12-5-3-2-4-11(12)10-6-8-13-9-7-10;/h2-5,10,13H,6-9H2,1H3;1H. The van der Waals surface area contributed by atoms with E-state index in [1.807, 2.05) is 12.1 Å². The van der Waals surface area contributed by atoms with Crippen molar-refractivity contribution >= 4 is 22.2 Å². The highest BCUT2D eigenvalue weighted by molar-refractivity contribution is 7.90. The van der Waals surface area contributed by atoms with Crippen molar-refractivity contribution in [1.82, 2.24) is 5.32 Å². The summed E-state index contributed by atoms with van der Waals surface area (Å²) in [6, 6.07) is 7.38. The topological polar surface area (TPSA) is 46.2 Å². The Morgan fingerprint density at radius 1 is 1.18 bits per heavy atom. The molecule has 0 saturated carbocycles. The molecular formula is C12H18ClNO2S. The molecule has 17 heavy (non-hydrogen) atoms. The Balaban J connectivity index is 0.00000144. The molecule has 1 aromatic carbocycles. The van der Waals surface area contributed by atoms with Crippen molar-refractivity contribution < 1.29 is 8.42 Å². The molecule has 0 unspecified atom stereocenters. The van der Waals surface area contributed by atoms with Gasteiger partial charge in [0.05, 0.1) is 4.90 Å². The zero-order valence-corrected chi connectivity index (χ0v) is 11.5. The largest absolute Gasteiger partial charge is 0.317 e. The van der Waals surface area contributed by atoms with Gasteiger partial charge in [-0.2, -0.15) is 0 Å². The van der Waals surface area contributed by atoms with Crippen LogP contribution in [0.3, 0.4) is 0 Å². The summed E-state index contributed by atoms with van der Waals surface area (Å²) in [5, 5.41) is 3.29. The molecule has 0 atom stereocenters. The van der Waals surface area contributed by atoms with Gasteiger partial charge in [0.25, 0.3) is 0 Å². The van der Waals surface area contributed by atoms with Crippen molar-refractivity contribution in [3.05, 3.63) is 29.8 Å². The summed E-state index contributed by atoms with van der Waals surface area (Å²) in [7, 11) is -3.10. The zero-order valence-electron chi connectivity index (χ0n) is 9.85. The van der Waals surface area contributed by atoms with Gasteiger partial charge in [-0.15, -0.1) is 12.4 Å². The van der Waals surface area contributed by atoms with E-state index in [0.717, 1.165) is 31.5 Å². The van der Waals surface area contributed by atoms with E-state index in [2.05, 4.69) is 5.32 Å².